The molecule has 1 aliphatic rings. The molecule has 0 saturated heterocycles. The van der Waals surface area contributed by atoms with Gasteiger partial charge < -0.3 is 9.16 Å². The van der Waals surface area contributed by atoms with E-state index in [1.807, 2.05) is 19.6 Å². The third-order valence-electron chi connectivity index (χ3n) is 2.67. The van der Waals surface area contributed by atoms with Gasteiger partial charge in [0.2, 0.25) is 8.32 Å². The monoisotopic (exact) mass is 291 g/mol. The van der Waals surface area contributed by atoms with Crippen molar-refractivity contribution >= 4 is 20.1 Å². The molecule has 5 nitrogen and oxygen atoms in total. The number of methoxy groups -OCH3 is 1. The van der Waals surface area contributed by atoms with Crippen molar-refractivity contribution in [1.29, 1.82) is 0 Å². The summed E-state index contributed by atoms with van der Waals surface area (Å²) in [7, 11) is -0.431. The maximum atomic E-state index is 12.2. The highest BCUT2D eigenvalue weighted by Gasteiger charge is 2.35. The van der Waals surface area contributed by atoms with Crippen molar-refractivity contribution in [3.05, 3.63) is 47.5 Å². The van der Waals surface area contributed by atoms with Gasteiger partial charge in [0.25, 0.3) is 17.8 Å². The van der Waals surface area contributed by atoms with Crippen LogP contribution in [0.1, 0.15) is 20.7 Å². The molecule has 1 aromatic rings. The van der Waals surface area contributed by atoms with Crippen molar-refractivity contribution in [2.24, 2.45) is 0 Å². The van der Waals surface area contributed by atoms with E-state index in [9.17, 15) is 9.59 Å². The number of rotatable bonds is 4. The fourth-order valence-electron chi connectivity index (χ4n) is 1.85. The highest BCUT2D eigenvalue weighted by atomic mass is 28.4. The number of ether oxygens (including phenoxy) is 1. The lowest BCUT2D eigenvalue weighted by Gasteiger charge is -2.21. The van der Waals surface area contributed by atoms with Gasteiger partial charge in [0.05, 0.1) is 24.4 Å². The van der Waals surface area contributed by atoms with Crippen molar-refractivity contribution in [2.75, 3.05) is 7.11 Å². The van der Waals surface area contributed by atoms with Crippen molar-refractivity contribution in [1.82, 2.24) is 4.90 Å². The van der Waals surface area contributed by atoms with Crippen LogP contribution >= 0.6 is 0 Å². The van der Waals surface area contributed by atoms with Crippen molar-refractivity contribution < 1.29 is 18.8 Å². The summed E-state index contributed by atoms with van der Waals surface area (Å²) in [5, 5.41) is 0. The molecular formula is C14H17NO4Si. The Kier molecular flexibility index (Phi) is 3.67. The van der Waals surface area contributed by atoms with E-state index in [0.717, 1.165) is 4.90 Å². The van der Waals surface area contributed by atoms with Crippen molar-refractivity contribution in [3.63, 3.8) is 0 Å². The Balaban J connectivity index is 2.31. The summed E-state index contributed by atoms with van der Waals surface area (Å²) in [5.41, 5.74) is 0.800. The Morgan fingerprint density at radius 3 is 2.00 bits per heavy atom. The molecule has 0 spiro atoms. The van der Waals surface area contributed by atoms with Crippen LogP contribution in [-0.4, -0.2) is 32.1 Å². The minimum Gasteiger partial charge on any atom is -0.519 e. The van der Waals surface area contributed by atoms with Crippen LogP contribution in [0.4, 0.5) is 0 Å². The van der Waals surface area contributed by atoms with Gasteiger partial charge in [-0.2, -0.15) is 0 Å². The smallest absolute Gasteiger partial charge is 0.282 e. The molecule has 2 rings (SSSR count). The standard InChI is InChI=1S/C14H17NO4Si/c1-18-12(19-20(2,3)4)9-15-13(16)10-7-5-6-8-11(10)14(15)17/h5-9H,1-4H3/b12-9-. The van der Waals surface area contributed by atoms with Gasteiger partial charge in [0.1, 0.15) is 0 Å². The molecule has 106 valence electrons. The van der Waals surface area contributed by atoms with E-state index in [-0.39, 0.29) is 17.8 Å². The van der Waals surface area contributed by atoms with Crippen LogP contribution in [0.25, 0.3) is 0 Å². The van der Waals surface area contributed by atoms with E-state index in [1.54, 1.807) is 24.3 Å². The summed E-state index contributed by atoms with van der Waals surface area (Å²) in [6, 6.07) is 6.73. The summed E-state index contributed by atoms with van der Waals surface area (Å²) in [5.74, 6) is -0.544. The van der Waals surface area contributed by atoms with Crippen molar-refractivity contribution in [3.8, 4) is 0 Å². The lowest BCUT2D eigenvalue weighted by molar-refractivity contribution is 0.0689. The van der Waals surface area contributed by atoms with Gasteiger partial charge in [0, 0.05) is 0 Å². The van der Waals surface area contributed by atoms with Gasteiger partial charge in [-0.15, -0.1) is 0 Å². The molecule has 6 heteroatoms. The van der Waals surface area contributed by atoms with Crippen LogP contribution < -0.4 is 0 Å². The molecule has 1 aromatic carbocycles. The fraction of sp³-hybridized carbons (Fsp3) is 0.286. The molecule has 1 heterocycles. The molecule has 0 saturated carbocycles. The van der Waals surface area contributed by atoms with E-state index >= 15 is 0 Å². The number of amides is 2. The quantitative estimate of drug-likeness (QED) is 0.486. The van der Waals surface area contributed by atoms with E-state index in [1.165, 1.54) is 13.3 Å². The van der Waals surface area contributed by atoms with Gasteiger partial charge in [-0.05, 0) is 31.8 Å². The number of fused-ring (bicyclic) bond motifs is 1. The predicted molar refractivity (Wildman–Crippen MR) is 76.5 cm³/mol. The van der Waals surface area contributed by atoms with E-state index in [4.69, 9.17) is 9.16 Å². The Bertz CT molecular complexity index is 554. The normalized spacial score (nSPS) is 15.4. The Labute approximate surface area is 118 Å². The van der Waals surface area contributed by atoms with Gasteiger partial charge in [-0.25, -0.2) is 4.90 Å². The van der Waals surface area contributed by atoms with Crippen LogP contribution in [0.2, 0.25) is 19.6 Å². The highest BCUT2D eigenvalue weighted by Crippen LogP contribution is 2.24. The molecule has 0 radical (unpaired) electrons. The molecule has 0 unspecified atom stereocenters. The summed E-state index contributed by atoms with van der Waals surface area (Å²) >= 11 is 0. The molecule has 2 amide bonds. The first-order valence-electron chi connectivity index (χ1n) is 6.25. The van der Waals surface area contributed by atoms with Gasteiger partial charge in [-0.1, -0.05) is 12.1 Å². The third-order valence-corrected chi connectivity index (χ3v) is 3.48. The summed E-state index contributed by atoms with van der Waals surface area (Å²) < 4.78 is 10.8. The lowest BCUT2D eigenvalue weighted by Crippen LogP contribution is -2.29. The van der Waals surface area contributed by atoms with Gasteiger partial charge in [-0.3, -0.25) is 9.59 Å². The molecular weight excluding hydrogens is 274 g/mol. The first kappa shape index (κ1) is 14.3. The van der Waals surface area contributed by atoms with Crippen LogP contribution in [0.5, 0.6) is 0 Å². The first-order chi connectivity index (χ1) is 9.33. The topological polar surface area (TPSA) is 55.8 Å². The molecule has 0 aliphatic carbocycles. The Morgan fingerprint density at radius 1 is 1.10 bits per heavy atom. The molecule has 0 fully saturated rings. The Morgan fingerprint density at radius 2 is 1.60 bits per heavy atom. The maximum absolute atomic E-state index is 12.2. The van der Waals surface area contributed by atoms with E-state index < -0.39 is 8.32 Å². The second-order valence-electron chi connectivity index (χ2n) is 5.39. The average Bonchev–Trinajstić information content (AvgIpc) is 2.62. The number of carbonyl (C=O) groups is 2. The molecule has 0 bridgehead atoms. The Hall–Kier alpha value is -2.08. The zero-order chi connectivity index (χ0) is 14.9. The number of imide groups is 1. The van der Waals surface area contributed by atoms with E-state index in [0.29, 0.717) is 11.1 Å². The largest absolute Gasteiger partial charge is 0.519 e. The minimum absolute atomic E-state index is 0.179. The van der Waals surface area contributed by atoms with Gasteiger partial charge in [0.15, 0.2) is 0 Å². The second-order valence-corrected chi connectivity index (χ2v) is 9.82. The second kappa shape index (κ2) is 5.13. The zero-order valence-corrected chi connectivity index (χ0v) is 13.0. The molecule has 0 atom stereocenters. The van der Waals surface area contributed by atoms with Gasteiger partial charge >= 0.3 is 0 Å². The number of nitrogens with zero attached hydrogens (tertiary/aromatic N) is 1. The van der Waals surface area contributed by atoms with Crippen molar-refractivity contribution in [2.45, 2.75) is 19.6 Å². The summed E-state index contributed by atoms with van der Waals surface area (Å²) in [4.78, 5) is 25.4. The average molecular weight is 291 g/mol. The SMILES string of the molecule is CO/C(=C/N1C(=O)c2ccccc2C1=O)O[Si](C)(C)C. The highest BCUT2D eigenvalue weighted by molar-refractivity contribution is 6.70. The van der Waals surface area contributed by atoms with E-state index in [2.05, 4.69) is 0 Å². The first-order valence-corrected chi connectivity index (χ1v) is 9.66. The van der Waals surface area contributed by atoms with Crippen LogP contribution in [0, 0.1) is 0 Å². The zero-order valence-electron chi connectivity index (χ0n) is 12.0. The minimum atomic E-state index is -1.88. The maximum Gasteiger partial charge on any atom is 0.282 e. The number of benzene rings is 1. The van der Waals surface area contributed by atoms with Crippen LogP contribution in [0.15, 0.2) is 36.4 Å². The number of hydrogen-bond acceptors (Lipinski definition) is 4. The molecule has 0 aromatic heterocycles. The summed E-state index contributed by atoms with van der Waals surface area (Å²) in [6.07, 6.45) is 1.32. The predicted octanol–water partition coefficient (Wildman–Crippen LogP) is 2.58. The molecule has 1 aliphatic heterocycles. The summed E-state index contributed by atoms with van der Waals surface area (Å²) in [6.45, 7) is 5.96. The van der Waals surface area contributed by atoms with Crippen LogP contribution in [0.3, 0.4) is 0 Å². The molecule has 0 N–H and O–H groups in total. The lowest BCUT2D eigenvalue weighted by atomic mass is 10.1. The van der Waals surface area contributed by atoms with Crippen LogP contribution in [-0.2, 0) is 9.16 Å². The fourth-order valence-corrected chi connectivity index (χ4v) is 2.59. The number of carbonyl (C=O) groups excluding carboxylic acids is 2. The third kappa shape index (κ3) is 2.75. The number of hydrogen-bond donors (Lipinski definition) is 0. The molecule has 20 heavy (non-hydrogen) atoms.